The zero-order chi connectivity index (χ0) is 12.4. The van der Waals surface area contributed by atoms with Crippen LogP contribution in [0.2, 0.25) is 0 Å². The molecule has 2 heterocycles. The quantitative estimate of drug-likeness (QED) is 0.818. The molecule has 5 nitrogen and oxygen atoms in total. The highest BCUT2D eigenvalue weighted by molar-refractivity contribution is 5.85. The van der Waals surface area contributed by atoms with E-state index in [-0.39, 0.29) is 11.9 Å². The Morgan fingerprint density at radius 2 is 2.11 bits per heavy atom. The van der Waals surface area contributed by atoms with Crippen molar-refractivity contribution in [2.24, 2.45) is 0 Å². The molecule has 1 aliphatic heterocycles. The first-order chi connectivity index (χ1) is 8.84. The Kier molecular flexibility index (Phi) is 3.13. The Balaban J connectivity index is 1.81. The monoisotopic (exact) mass is 246 g/mol. The van der Waals surface area contributed by atoms with E-state index in [9.17, 15) is 4.79 Å². The number of carbonyl (C=O) groups excluding carboxylic acids is 1. The molecule has 1 unspecified atom stereocenters. The summed E-state index contributed by atoms with van der Waals surface area (Å²) in [6.07, 6.45) is 7.95. The molecule has 18 heavy (non-hydrogen) atoms. The summed E-state index contributed by atoms with van der Waals surface area (Å²) in [6.45, 7) is 0.791. The van der Waals surface area contributed by atoms with Crippen molar-refractivity contribution in [2.45, 2.75) is 44.6 Å². The number of hydrogen-bond donors (Lipinski definition) is 2. The fourth-order valence-corrected chi connectivity index (χ4v) is 2.72. The van der Waals surface area contributed by atoms with E-state index >= 15 is 0 Å². The van der Waals surface area contributed by atoms with Gasteiger partial charge in [-0.2, -0.15) is 0 Å². The predicted molar refractivity (Wildman–Crippen MR) is 68.3 cm³/mol. The van der Waals surface area contributed by atoms with Gasteiger partial charge < -0.3 is 10.6 Å². The maximum atomic E-state index is 11.7. The lowest BCUT2D eigenvalue weighted by Crippen LogP contribution is -2.44. The van der Waals surface area contributed by atoms with Gasteiger partial charge in [0.1, 0.15) is 18.2 Å². The van der Waals surface area contributed by atoms with Crippen LogP contribution in [0.4, 0.5) is 5.82 Å². The van der Waals surface area contributed by atoms with Gasteiger partial charge in [0.05, 0.1) is 0 Å². The molecular weight excluding hydrogens is 228 g/mol. The van der Waals surface area contributed by atoms with Crippen molar-refractivity contribution in [1.82, 2.24) is 15.3 Å². The second-order valence-corrected chi connectivity index (χ2v) is 4.98. The van der Waals surface area contributed by atoms with Crippen LogP contribution < -0.4 is 10.6 Å². The molecule has 1 amide bonds. The van der Waals surface area contributed by atoms with Crippen molar-refractivity contribution in [3.8, 4) is 0 Å². The molecule has 0 spiro atoms. The molecule has 2 N–H and O–H groups in total. The van der Waals surface area contributed by atoms with Gasteiger partial charge in [0.25, 0.3) is 0 Å². The van der Waals surface area contributed by atoms with Gasteiger partial charge >= 0.3 is 0 Å². The van der Waals surface area contributed by atoms with Crippen LogP contribution in [0, 0.1) is 0 Å². The molecule has 96 valence electrons. The van der Waals surface area contributed by atoms with Crippen LogP contribution in [0.15, 0.2) is 6.33 Å². The molecule has 0 saturated carbocycles. The molecule has 1 aliphatic carbocycles. The molecule has 1 saturated heterocycles. The van der Waals surface area contributed by atoms with Gasteiger partial charge in [0, 0.05) is 17.8 Å². The van der Waals surface area contributed by atoms with Crippen molar-refractivity contribution in [3.05, 3.63) is 17.6 Å². The highest BCUT2D eigenvalue weighted by Crippen LogP contribution is 2.25. The zero-order valence-corrected chi connectivity index (χ0v) is 10.4. The third-order valence-electron chi connectivity index (χ3n) is 3.72. The van der Waals surface area contributed by atoms with Gasteiger partial charge in [-0.05, 0) is 38.5 Å². The standard InChI is InChI=1S/C13H18N4O/c18-13-11(6-3-7-14-13)17-12-9-4-1-2-5-10(9)15-8-16-12/h8,11H,1-7H2,(H,14,18)(H,15,16,17). The number of nitrogens with one attached hydrogen (secondary N) is 2. The summed E-state index contributed by atoms with van der Waals surface area (Å²) in [6, 6.07) is -0.139. The van der Waals surface area contributed by atoms with Crippen molar-refractivity contribution in [3.63, 3.8) is 0 Å². The molecule has 3 rings (SSSR count). The molecule has 0 aromatic carbocycles. The van der Waals surface area contributed by atoms with Crippen molar-refractivity contribution < 1.29 is 4.79 Å². The lowest BCUT2D eigenvalue weighted by atomic mass is 9.96. The maximum Gasteiger partial charge on any atom is 0.242 e. The molecule has 1 aromatic heterocycles. The minimum Gasteiger partial charge on any atom is -0.358 e. The number of piperidine rings is 1. The van der Waals surface area contributed by atoms with Crippen LogP contribution in [0.5, 0.6) is 0 Å². The second-order valence-electron chi connectivity index (χ2n) is 4.98. The number of nitrogens with zero attached hydrogens (tertiary/aromatic N) is 2. The van der Waals surface area contributed by atoms with E-state index in [4.69, 9.17) is 0 Å². The highest BCUT2D eigenvalue weighted by Gasteiger charge is 2.24. The second kappa shape index (κ2) is 4.92. The van der Waals surface area contributed by atoms with Crippen LogP contribution in [0.25, 0.3) is 0 Å². The first kappa shape index (κ1) is 11.4. The highest BCUT2D eigenvalue weighted by atomic mass is 16.2. The summed E-state index contributed by atoms with van der Waals surface area (Å²) in [4.78, 5) is 20.4. The van der Waals surface area contributed by atoms with E-state index in [0.717, 1.165) is 43.7 Å². The molecule has 1 fully saturated rings. The third kappa shape index (κ3) is 2.17. The van der Waals surface area contributed by atoms with Crippen LogP contribution in [0.1, 0.15) is 36.9 Å². The summed E-state index contributed by atoms with van der Waals surface area (Å²) in [5.74, 6) is 0.950. The smallest absolute Gasteiger partial charge is 0.242 e. The van der Waals surface area contributed by atoms with Crippen LogP contribution in [0.3, 0.4) is 0 Å². The van der Waals surface area contributed by atoms with Gasteiger partial charge in [0.15, 0.2) is 0 Å². The number of aryl methyl sites for hydroxylation is 1. The maximum absolute atomic E-state index is 11.7. The summed E-state index contributed by atoms with van der Waals surface area (Å²) in [5.41, 5.74) is 2.36. The van der Waals surface area contributed by atoms with E-state index in [2.05, 4.69) is 20.6 Å². The number of anilines is 1. The lowest BCUT2D eigenvalue weighted by Gasteiger charge is -2.25. The van der Waals surface area contributed by atoms with E-state index in [1.54, 1.807) is 6.33 Å². The molecule has 2 aliphatic rings. The Bertz CT molecular complexity index is 460. The first-order valence-electron chi connectivity index (χ1n) is 6.71. The Hall–Kier alpha value is -1.65. The predicted octanol–water partition coefficient (Wildman–Crippen LogP) is 1.05. The SMILES string of the molecule is O=C1NCCCC1Nc1ncnc2c1CCCC2. The van der Waals surface area contributed by atoms with E-state index in [1.807, 2.05) is 0 Å². The molecular formula is C13H18N4O. The van der Waals surface area contributed by atoms with E-state index < -0.39 is 0 Å². The number of hydrogen-bond acceptors (Lipinski definition) is 4. The third-order valence-corrected chi connectivity index (χ3v) is 3.72. The topological polar surface area (TPSA) is 66.9 Å². The number of rotatable bonds is 2. The minimum atomic E-state index is -0.139. The molecule has 1 atom stereocenters. The molecule has 0 radical (unpaired) electrons. The first-order valence-corrected chi connectivity index (χ1v) is 6.71. The van der Waals surface area contributed by atoms with Crippen molar-refractivity contribution in [2.75, 3.05) is 11.9 Å². The Morgan fingerprint density at radius 3 is 3.00 bits per heavy atom. The fourth-order valence-electron chi connectivity index (χ4n) is 2.72. The average molecular weight is 246 g/mol. The zero-order valence-electron chi connectivity index (χ0n) is 10.4. The fraction of sp³-hybridized carbons (Fsp3) is 0.615. The summed E-state index contributed by atoms with van der Waals surface area (Å²) in [5, 5.41) is 6.18. The lowest BCUT2D eigenvalue weighted by molar-refractivity contribution is -0.123. The number of aromatic nitrogens is 2. The summed E-state index contributed by atoms with van der Waals surface area (Å²) >= 11 is 0. The van der Waals surface area contributed by atoms with Crippen molar-refractivity contribution in [1.29, 1.82) is 0 Å². The number of fused-ring (bicyclic) bond motifs is 1. The minimum absolute atomic E-state index is 0.0874. The van der Waals surface area contributed by atoms with Crippen LogP contribution >= 0.6 is 0 Å². The van der Waals surface area contributed by atoms with Gasteiger partial charge in [0.2, 0.25) is 5.91 Å². The van der Waals surface area contributed by atoms with Crippen molar-refractivity contribution >= 4 is 11.7 Å². The summed E-state index contributed by atoms with van der Waals surface area (Å²) in [7, 11) is 0. The molecule has 0 bridgehead atoms. The van der Waals surface area contributed by atoms with Crippen LogP contribution in [-0.4, -0.2) is 28.5 Å². The van der Waals surface area contributed by atoms with E-state index in [0.29, 0.717) is 0 Å². The summed E-state index contributed by atoms with van der Waals surface area (Å²) < 4.78 is 0. The normalized spacial score (nSPS) is 23.1. The van der Waals surface area contributed by atoms with E-state index in [1.165, 1.54) is 18.4 Å². The van der Waals surface area contributed by atoms with Gasteiger partial charge in [-0.25, -0.2) is 9.97 Å². The van der Waals surface area contributed by atoms with Gasteiger partial charge in [-0.1, -0.05) is 0 Å². The van der Waals surface area contributed by atoms with Gasteiger partial charge in [-0.3, -0.25) is 4.79 Å². The van der Waals surface area contributed by atoms with Crippen LogP contribution in [-0.2, 0) is 17.6 Å². The largest absolute Gasteiger partial charge is 0.358 e. The molecule has 5 heteroatoms. The number of carbonyl (C=O) groups is 1. The average Bonchev–Trinajstić information content (AvgIpc) is 2.42. The Morgan fingerprint density at radius 1 is 1.22 bits per heavy atom. The number of amides is 1. The van der Waals surface area contributed by atoms with Gasteiger partial charge in [-0.15, -0.1) is 0 Å². The Labute approximate surface area is 106 Å². The molecule has 1 aromatic rings.